The minimum absolute atomic E-state index is 0.778. The molecular weight excluding hydrogens is 248 g/mol. The van der Waals surface area contributed by atoms with E-state index >= 15 is 0 Å². The summed E-state index contributed by atoms with van der Waals surface area (Å²) in [6.07, 6.45) is 4.05. The minimum Gasteiger partial charge on any atom is -0.497 e. The number of methoxy groups -OCH3 is 1. The number of aryl methyl sites for hydroxylation is 2. The Labute approximate surface area is 120 Å². The Morgan fingerprint density at radius 3 is 1.80 bits per heavy atom. The van der Waals surface area contributed by atoms with Gasteiger partial charge in [-0.15, -0.1) is 0 Å². The molecule has 0 aliphatic carbocycles. The number of carbonyl (C=O) groups excluding carboxylic acids is 1. The number of benzene rings is 2. The number of rotatable bonds is 3. The molecule has 0 bridgehead atoms. The van der Waals surface area contributed by atoms with E-state index in [1.807, 2.05) is 55.5 Å². The molecule has 0 aromatic heterocycles. The summed E-state index contributed by atoms with van der Waals surface area (Å²) >= 11 is 0. The lowest BCUT2D eigenvalue weighted by molar-refractivity contribution is -0.104. The van der Waals surface area contributed by atoms with E-state index in [9.17, 15) is 4.79 Å². The molecule has 2 aromatic carbocycles. The van der Waals surface area contributed by atoms with E-state index in [-0.39, 0.29) is 0 Å². The van der Waals surface area contributed by atoms with E-state index < -0.39 is 0 Å². The van der Waals surface area contributed by atoms with Crippen LogP contribution in [0.1, 0.15) is 16.7 Å². The molecule has 0 saturated carbocycles. The van der Waals surface area contributed by atoms with Crippen LogP contribution < -0.4 is 4.74 Å². The molecule has 0 atom stereocenters. The molecule has 0 aliphatic rings. The van der Waals surface area contributed by atoms with Crippen LogP contribution in [0.5, 0.6) is 5.75 Å². The second kappa shape index (κ2) is 8.70. The van der Waals surface area contributed by atoms with E-state index in [2.05, 4.69) is 6.92 Å². The van der Waals surface area contributed by atoms with E-state index in [4.69, 9.17) is 4.74 Å². The standard InChI is InChI=1S/C10H10O.C8H10O/c1-9-4-6-10(7-5-9)3-2-8-11;1-7-3-5-8(9-2)6-4-7/h2-8H,1H3;3-6H,1-2H3/b3-2+;. The molecule has 0 saturated heterocycles. The van der Waals surface area contributed by atoms with Gasteiger partial charge < -0.3 is 4.74 Å². The lowest BCUT2D eigenvalue weighted by atomic mass is 10.1. The average Bonchev–Trinajstić information content (AvgIpc) is 2.48. The predicted molar refractivity (Wildman–Crippen MR) is 84.0 cm³/mol. The third-order valence-electron chi connectivity index (χ3n) is 2.70. The first kappa shape index (κ1) is 15.7. The smallest absolute Gasteiger partial charge is 0.142 e. The molecular formula is C18H20O2. The van der Waals surface area contributed by atoms with E-state index in [1.165, 1.54) is 17.2 Å². The Kier molecular flexibility index (Phi) is 6.83. The van der Waals surface area contributed by atoms with Gasteiger partial charge in [-0.3, -0.25) is 4.79 Å². The van der Waals surface area contributed by atoms with E-state index in [0.717, 1.165) is 17.6 Å². The SMILES string of the molecule is COc1ccc(C)cc1.Cc1ccc(/C=C/C=O)cc1. The molecule has 0 N–H and O–H groups in total. The molecule has 20 heavy (non-hydrogen) atoms. The maximum Gasteiger partial charge on any atom is 0.142 e. The Hall–Kier alpha value is -2.35. The Balaban J connectivity index is 0.000000204. The van der Waals surface area contributed by atoms with Crippen molar-refractivity contribution in [3.63, 3.8) is 0 Å². The third kappa shape index (κ3) is 6.01. The summed E-state index contributed by atoms with van der Waals surface area (Å²) in [5, 5.41) is 0. The zero-order chi connectivity index (χ0) is 14.8. The highest BCUT2D eigenvalue weighted by atomic mass is 16.5. The van der Waals surface area contributed by atoms with Gasteiger partial charge in [-0.05, 0) is 37.6 Å². The summed E-state index contributed by atoms with van der Waals surface area (Å²) in [6.45, 7) is 4.09. The fourth-order valence-corrected chi connectivity index (χ4v) is 1.50. The zero-order valence-corrected chi connectivity index (χ0v) is 12.2. The van der Waals surface area contributed by atoms with Crippen molar-refractivity contribution in [1.82, 2.24) is 0 Å². The van der Waals surface area contributed by atoms with Gasteiger partial charge in [0, 0.05) is 0 Å². The van der Waals surface area contributed by atoms with Crippen LogP contribution in [0.4, 0.5) is 0 Å². The molecule has 2 heteroatoms. The van der Waals surface area contributed by atoms with Crippen molar-refractivity contribution in [1.29, 1.82) is 0 Å². The Morgan fingerprint density at radius 2 is 1.35 bits per heavy atom. The van der Waals surface area contributed by atoms with Crippen molar-refractivity contribution in [2.45, 2.75) is 13.8 Å². The van der Waals surface area contributed by atoms with Crippen LogP contribution in [0.15, 0.2) is 54.6 Å². The molecule has 2 nitrogen and oxygen atoms in total. The number of carbonyl (C=O) groups is 1. The second-order valence-electron chi connectivity index (χ2n) is 4.42. The third-order valence-corrected chi connectivity index (χ3v) is 2.70. The first-order valence-corrected chi connectivity index (χ1v) is 6.45. The van der Waals surface area contributed by atoms with Gasteiger partial charge in [0.1, 0.15) is 12.0 Å². The van der Waals surface area contributed by atoms with Crippen molar-refractivity contribution >= 4 is 12.4 Å². The minimum atomic E-state index is 0.778. The van der Waals surface area contributed by atoms with Crippen LogP contribution in [-0.4, -0.2) is 13.4 Å². The topological polar surface area (TPSA) is 26.3 Å². The van der Waals surface area contributed by atoms with Crippen LogP contribution in [0.25, 0.3) is 6.08 Å². The van der Waals surface area contributed by atoms with Crippen LogP contribution in [0.2, 0.25) is 0 Å². The number of hydrogen-bond acceptors (Lipinski definition) is 2. The monoisotopic (exact) mass is 268 g/mol. The van der Waals surface area contributed by atoms with Crippen LogP contribution in [0.3, 0.4) is 0 Å². The number of ether oxygens (including phenoxy) is 1. The summed E-state index contributed by atoms with van der Waals surface area (Å²) in [5.74, 6) is 0.917. The maximum absolute atomic E-state index is 9.96. The molecule has 0 aliphatic heterocycles. The summed E-state index contributed by atoms with van der Waals surface area (Å²) in [6, 6.07) is 16.0. The van der Waals surface area contributed by atoms with E-state index in [1.54, 1.807) is 13.2 Å². The van der Waals surface area contributed by atoms with Crippen molar-refractivity contribution in [2.24, 2.45) is 0 Å². The molecule has 2 aromatic rings. The quantitative estimate of drug-likeness (QED) is 0.615. The molecule has 0 radical (unpaired) electrons. The summed E-state index contributed by atoms with van der Waals surface area (Å²) in [4.78, 5) is 9.96. The summed E-state index contributed by atoms with van der Waals surface area (Å²) in [5.41, 5.74) is 3.55. The molecule has 0 fully saturated rings. The van der Waals surface area contributed by atoms with Gasteiger partial charge in [-0.25, -0.2) is 0 Å². The van der Waals surface area contributed by atoms with Crippen molar-refractivity contribution in [3.05, 3.63) is 71.3 Å². The lowest BCUT2D eigenvalue weighted by Crippen LogP contribution is -1.80. The Morgan fingerprint density at radius 1 is 0.850 bits per heavy atom. The fraction of sp³-hybridized carbons (Fsp3) is 0.167. The normalized spacial score (nSPS) is 9.75. The first-order chi connectivity index (χ1) is 9.65. The van der Waals surface area contributed by atoms with E-state index in [0.29, 0.717) is 0 Å². The van der Waals surface area contributed by atoms with Gasteiger partial charge in [0.15, 0.2) is 0 Å². The fourth-order valence-electron chi connectivity index (χ4n) is 1.50. The van der Waals surface area contributed by atoms with Gasteiger partial charge in [0.2, 0.25) is 0 Å². The first-order valence-electron chi connectivity index (χ1n) is 6.45. The van der Waals surface area contributed by atoms with Crippen molar-refractivity contribution in [2.75, 3.05) is 7.11 Å². The highest BCUT2D eigenvalue weighted by molar-refractivity contribution is 5.73. The molecule has 0 amide bonds. The predicted octanol–water partition coefficient (Wildman–Crippen LogP) is 4.21. The maximum atomic E-state index is 9.96. The summed E-state index contributed by atoms with van der Waals surface area (Å²) in [7, 11) is 1.67. The van der Waals surface area contributed by atoms with Crippen LogP contribution in [-0.2, 0) is 4.79 Å². The number of allylic oxidation sites excluding steroid dienone is 1. The van der Waals surface area contributed by atoms with Crippen LogP contribution >= 0.6 is 0 Å². The van der Waals surface area contributed by atoms with Gasteiger partial charge in [-0.1, -0.05) is 53.6 Å². The van der Waals surface area contributed by atoms with Gasteiger partial charge in [0.25, 0.3) is 0 Å². The number of aldehydes is 1. The molecule has 2 rings (SSSR count). The van der Waals surface area contributed by atoms with Gasteiger partial charge >= 0.3 is 0 Å². The van der Waals surface area contributed by atoms with Gasteiger partial charge in [-0.2, -0.15) is 0 Å². The molecule has 104 valence electrons. The highest BCUT2D eigenvalue weighted by Crippen LogP contribution is 2.09. The Bertz CT molecular complexity index is 537. The molecule has 0 unspecified atom stereocenters. The lowest BCUT2D eigenvalue weighted by Gasteiger charge is -1.97. The molecule has 0 heterocycles. The largest absolute Gasteiger partial charge is 0.497 e. The highest BCUT2D eigenvalue weighted by Gasteiger charge is 1.85. The zero-order valence-electron chi connectivity index (χ0n) is 12.2. The average molecular weight is 268 g/mol. The van der Waals surface area contributed by atoms with Crippen molar-refractivity contribution < 1.29 is 9.53 Å². The summed E-state index contributed by atoms with van der Waals surface area (Å²) < 4.78 is 4.97. The second-order valence-corrected chi connectivity index (χ2v) is 4.42. The number of hydrogen-bond donors (Lipinski definition) is 0. The van der Waals surface area contributed by atoms with Crippen LogP contribution in [0, 0.1) is 13.8 Å². The van der Waals surface area contributed by atoms with Crippen molar-refractivity contribution in [3.8, 4) is 5.75 Å². The molecule has 0 spiro atoms. The van der Waals surface area contributed by atoms with Gasteiger partial charge in [0.05, 0.1) is 7.11 Å².